The van der Waals surface area contributed by atoms with Gasteiger partial charge in [-0.2, -0.15) is 0 Å². The van der Waals surface area contributed by atoms with Gasteiger partial charge in [-0.3, -0.25) is 0 Å². The van der Waals surface area contributed by atoms with Crippen LogP contribution >= 0.6 is 0 Å². The van der Waals surface area contributed by atoms with Crippen LogP contribution in [0.2, 0.25) is 0 Å². The molecule has 18 heavy (non-hydrogen) atoms. The van der Waals surface area contributed by atoms with E-state index in [1.54, 1.807) is 30.7 Å². The minimum absolute atomic E-state index is 0.598. The fourth-order valence-corrected chi connectivity index (χ4v) is 1.47. The molecule has 0 saturated carbocycles. The second kappa shape index (κ2) is 4.53. The van der Waals surface area contributed by atoms with Crippen LogP contribution in [-0.4, -0.2) is 40.8 Å². The molecule has 86 valence electrons. The SMILES string of the molecule is c1cc(-c2cncnc2-c2ccnnn2)nnn1. The highest BCUT2D eigenvalue weighted by Gasteiger charge is 2.11. The maximum absolute atomic E-state index is 4.20. The maximum Gasteiger partial charge on any atom is 0.116 e. The summed E-state index contributed by atoms with van der Waals surface area (Å²) in [6.45, 7) is 0. The van der Waals surface area contributed by atoms with Gasteiger partial charge < -0.3 is 0 Å². The lowest BCUT2D eigenvalue weighted by atomic mass is 10.1. The molecular weight excluding hydrogens is 232 g/mol. The number of aromatic nitrogens is 8. The van der Waals surface area contributed by atoms with Gasteiger partial charge in [0.15, 0.2) is 0 Å². The molecule has 0 aliphatic rings. The van der Waals surface area contributed by atoms with Crippen LogP contribution in [-0.2, 0) is 0 Å². The van der Waals surface area contributed by atoms with Crippen molar-refractivity contribution >= 4 is 0 Å². The summed E-state index contributed by atoms with van der Waals surface area (Å²) < 4.78 is 0. The first-order valence-corrected chi connectivity index (χ1v) is 5.04. The number of hydrogen-bond acceptors (Lipinski definition) is 8. The molecule has 3 heterocycles. The third-order valence-electron chi connectivity index (χ3n) is 2.24. The fraction of sp³-hybridized carbons (Fsp3) is 0. The van der Waals surface area contributed by atoms with Crippen LogP contribution in [0.4, 0.5) is 0 Å². The van der Waals surface area contributed by atoms with Crippen molar-refractivity contribution in [2.45, 2.75) is 0 Å². The Morgan fingerprint density at radius 2 is 1.56 bits per heavy atom. The smallest absolute Gasteiger partial charge is 0.116 e. The average molecular weight is 238 g/mol. The lowest BCUT2D eigenvalue weighted by Gasteiger charge is -2.04. The number of hydrogen-bond donors (Lipinski definition) is 0. The standard InChI is InChI=1S/C10H6N8/c1-3-13-17-15-8(1)7-5-11-6-12-10(7)9-2-4-14-18-16-9/h1-6H. The highest BCUT2D eigenvalue weighted by Crippen LogP contribution is 2.25. The third kappa shape index (κ3) is 1.86. The summed E-state index contributed by atoms with van der Waals surface area (Å²) in [7, 11) is 0. The summed E-state index contributed by atoms with van der Waals surface area (Å²) in [4.78, 5) is 8.18. The van der Waals surface area contributed by atoms with Crippen molar-refractivity contribution in [1.82, 2.24) is 40.8 Å². The summed E-state index contributed by atoms with van der Waals surface area (Å²) in [6.07, 6.45) is 6.19. The Bertz CT molecular complexity index is 584. The lowest BCUT2D eigenvalue weighted by Crippen LogP contribution is -1.97. The van der Waals surface area contributed by atoms with Gasteiger partial charge >= 0.3 is 0 Å². The minimum Gasteiger partial charge on any atom is -0.244 e. The Morgan fingerprint density at radius 1 is 0.833 bits per heavy atom. The van der Waals surface area contributed by atoms with Crippen molar-refractivity contribution in [1.29, 1.82) is 0 Å². The van der Waals surface area contributed by atoms with Crippen molar-refractivity contribution in [3.8, 4) is 22.6 Å². The van der Waals surface area contributed by atoms with Crippen molar-refractivity contribution in [2.75, 3.05) is 0 Å². The van der Waals surface area contributed by atoms with Gasteiger partial charge in [-0.25, -0.2) is 9.97 Å². The molecule has 0 amide bonds. The molecule has 3 aromatic rings. The van der Waals surface area contributed by atoms with E-state index in [9.17, 15) is 0 Å². The van der Waals surface area contributed by atoms with E-state index in [1.807, 2.05) is 0 Å². The van der Waals surface area contributed by atoms with Gasteiger partial charge in [0.25, 0.3) is 0 Å². The summed E-state index contributed by atoms with van der Waals surface area (Å²) in [5.74, 6) is 0. The number of rotatable bonds is 2. The Morgan fingerprint density at radius 3 is 2.22 bits per heavy atom. The second-order valence-electron chi connectivity index (χ2n) is 3.30. The monoisotopic (exact) mass is 238 g/mol. The minimum atomic E-state index is 0.598. The van der Waals surface area contributed by atoms with E-state index in [1.165, 1.54) is 6.33 Å². The van der Waals surface area contributed by atoms with Gasteiger partial charge in [0.1, 0.15) is 23.4 Å². The third-order valence-corrected chi connectivity index (χ3v) is 2.24. The molecule has 3 aromatic heterocycles. The average Bonchev–Trinajstić information content (AvgIpc) is 2.49. The maximum atomic E-state index is 4.20. The zero-order chi connectivity index (χ0) is 12.2. The van der Waals surface area contributed by atoms with Crippen molar-refractivity contribution in [3.05, 3.63) is 37.1 Å². The Balaban J connectivity index is 2.18. The van der Waals surface area contributed by atoms with Gasteiger partial charge in [0.05, 0.1) is 12.4 Å². The molecule has 0 fully saturated rings. The molecule has 0 aliphatic carbocycles. The van der Waals surface area contributed by atoms with Crippen molar-refractivity contribution in [3.63, 3.8) is 0 Å². The summed E-state index contributed by atoms with van der Waals surface area (Å²) >= 11 is 0. The van der Waals surface area contributed by atoms with Gasteiger partial charge in [0, 0.05) is 11.8 Å². The van der Waals surface area contributed by atoms with Crippen LogP contribution in [0.1, 0.15) is 0 Å². The molecule has 8 heteroatoms. The summed E-state index contributed by atoms with van der Waals surface area (Å²) in [6, 6.07) is 3.44. The molecule has 8 nitrogen and oxygen atoms in total. The van der Waals surface area contributed by atoms with E-state index in [-0.39, 0.29) is 0 Å². The van der Waals surface area contributed by atoms with E-state index in [0.717, 1.165) is 0 Å². The zero-order valence-electron chi connectivity index (χ0n) is 9.04. The first-order chi connectivity index (χ1) is 8.95. The summed E-state index contributed by atoms with van der Waals surface area (Å²) in [5, 5.41) is 22.3. The highest BCUT2D eigenvalue weighted by atomic mass is 15.3. The molecule has 0 radical (unpaired) electrons. The summed E-state index contributed by atoms with van der Waals surface area (Å²) in [5.41, 5.74) is 2.56. The molecule has 0 bridgehead atoms. The molecule has 0 unspecified atom stereocenters. The topological polar surface area (TPSA) is 103 Å². The molecular formula is C10H6N8. The zero-order valence-corrected chi connectivity index (χ0v) is 9.04. The second-order valence-corrected chi connectivity index (χ2v) is 3.30. The van der Waals surface area contributed by atoms with Gasteiger partial charge in [-0.05, 0) is 22.6 Å². The largest absolute Gasteiger partial charge is 0.244 e. The molecule has 3 rings (SSSR count). The van der Waals surface area contributed by atoms with Crippen LogP contribution in [0, 0.1) is 0 Å². The van der Waals surface area contributed by atoms with Crippen molar-refractivity contribution in [2.24, 2.45) is 0 Å². The predicted octanol–water partition coefficient (Wildman–Crippen LogP) is 0.181. The first kappa shape index (κ1) is 10.3. The fourth-order valence-electron chi connectivity index (χ4n) is 1.47. The van der Waals surface area contributed by atoms with Gasteiger partial charge in [0.2, 0.25) is 0 Å². The van der Waals surface area contributed by atoms with Gasteiger partial charge in [-0.1, -0.05) is 0 Å². The van der Waals surface area contributed by atoms with Crippen LogP contribution < -0.4 is 0 Å². The Kier molecular flexibility index (Phi) is 2.59. The quantitative estimate of drug-likeness (QED) is 0.622. The normalized spacial score (nSPS) is 10.2. The molecule has 0 N–H and O–H groups in total. The van der Waals surface area contributed by atoms with Crippen LogP contribution in [0.3, 0.4) is 0 Å². The van der Waals surface area contributed by atoms with Gasteiger partial charge in [-0.15, -0.1) is 20.4 Å². The van der Waals surface area contributed by atoms with E-state index in [2.05, 4.69) is 40.8 Å². The molecule has 0 saturated heterocycles. The molecule has 0 atom stereocenters. The van der Waals surface area contributed by atoms with E-state index < -0.39 is 0 Å². The molecule has 0 spiro atoms. The van der Waals surface area contributed by atoms with E-state index >= 15 is 0 Å². The predicted molar refractivity (Wildman–Crippen MR) is 59.7 cm³/mol. The molecule has 0 aliphatic heterocycles. The number of nitrogens with zero attached hydrogens (tertiary/aromatic N) is 8. The first-order valence-electron chi connectivity index (χ1n) is 5.04. The molecule has 0 aromatic carbocycles. The van der Waals surface area contributed by atoms with E-state index in [4.69, 9.17) is 0 Å². The van der Waals surface area contributed by atoms with Crippen molar-refractivity contribution < 1.29 is 0 Å². The lowest BCUT2D eigenvalue weighted by molar-refractivity contribution is 0.862. The van der Waals surface area contributed by atoms with Crippen LogP contribution in [0.25, 0.3) is 22.6 Å². The van der Waals surface area contributed by atoms with Crippen LogP contribution in [0.5, 0.6) is 0 Å². The Labute approximate surface area is 101 Å². The van der Waals surface area contributed by atoms with Crippen LogP contribution in [0.15, 0.2) is 37.1 Å². The Hall–Kier alpha value is -2.90. The van der Waals surface area contributed by atoms with E-state index in [0.29, 0.717) is 22.6 Å². The highest BCUT2D eigenvalue weighted by molar-refractivity contribution is 5.75.